The van der Waals surface area contributed by atoms with Crippen molar-refractivity contribution in [3.8, 4) is 0 Å². The van der Waals surface area contributed by atoms with Gasteiger partial charge in [-0.25, -0.2) is 0 Å². The van der Waals surface area contributed by atoms with Crippen molar-refractivity contribution in [2.75, 3.05) is 0 Å². The van der Waals surface area contributed by atoms with Gasteiger partial charge in [0.2, 0.25) is 0 Å². The molecule has 0 rings (SSSR count). The van der Waals surface area contributed by atoms with E-state index < -0.39 is 15.1 Å². The van der Waals surface area contributed by atoms with Gasteiger partial charge in [0.25, 0.3) is 5.60 Å². The summed E-state index contributed by atoms with van der Waals surface area (Å²) in [5.74, 6) is 0. The first-order chi connectivity index (χ1) is 6.81. The summed E-state index contributed by atoms with van der Waals surface area (Å²) in [5, 5.41) is 0.464. The Morgan fingerprint density at radius 1 is 1.13 bits per heavy atom. The number of thiocarbonyl (C=S) groups is 1. The van der Waals surface area contributed by atoms with Gasteiger partial charge in [-0.2, -0.15) is 0 Å². The van der Waals surface area contributed by atoms with Gasteiger partial charge >= 0.3 is 0 Å². The normalized spacial score (nSPS) is 13.1. The largest absolute Gasteiger partial charge is 0.437 e. The van der Waals surface area contributed by atoms with E-state index in [2.05, 4.69) is 6.55 Å². The Labute approximate surface area is 100 Å². The molecule has 0 saturated heterocycles. The second-order valence-corrected chi connectivity index (χ2v) is 6.11. The lowest BCUT2D eigenvalue weighted by molar-refractivity contribution is -0.318. The van der Waals surface area contributed by atoms with Gasteiger partial charge in [0.05, 0.1) is 12.2 Å². The molecular formula is C10H22O3SSi. The highest BCUT2D eigenvalue weighted by Crippen LogP contribution is 2.19. The molecule has 0 saturated carbocycles. The molecule has 0 N–H and O–H groups in total. The lowest BCUT2D eigenvalue weighted by atomic mass is 10.5. The van der Waals surface area contributed by atoms with Crippen LogP contribution in [0.15, 0.2) is 0 Å². The zero-order valence-electron chi connectivity index (χ0n) is 10.5. The Bertz CT molecular complexity index is 197. The minimum absolute atomic E-state index is 0.0607. The van der Waals surface area contributed by atoms with E-state index >= 15 is 0 Å². The van der Waals surface area contributed by atoms with Crippen LogP contribution in [-0.2, 0) is 14.2 Å². The molecule has 0 aromatic heterocycles. The smallest absolute Gasteiger partial charge is 0.290 e. The standard InChI is InChI=1S/C10H22O3SSi/c1-7(2)11-10(15-6,12-8(3)4)13-9(5)14/h7-8H,15H2,1-6H3. The first-order valence-corrected chi connectivity index (χ1v) is 7.89. The highest BCUT2D eigenvalue weighted by Gasteiger charge is 2.35. The average Bonchev–Trinajstić information content (AvgIpc) is 1.99. The van der Waals surface area contributed by atoms with Crippen molar-refractivity contribution in [3.63, 3.8) is 0 Å². The molecule has 0 unspecified atom stereocenters. The summed E-state index contributed by atoms with van der Waals surface area (Å²) in [6.07, 6.45) is 0.121. The van der Waals surface area contributed by atoms with E-state index in [9.17, 15) is 0 Å². The zero-order valence-corrected chi connectivity index (χ0v) is 12.7. The molecular weight excluding hydrogens is 228 g/mol. The van der Waals surface area contributed by atoms with Crippen molar-refractivity contribution in [1.82, 2.24) is 0 Å². The second kappa shape index (κ2) is 6.58. The number of ether oxygens (including phenoxy) is 3. The Hall–Kier alpha value is 0.0269. The molecule has 5 heteroatoms. The van der Waals surface area contributed by atoms with Crippen molar-refractivity contribution < 1.29 is 14.2 Å². The minimum Gasteiger partial charge on any atom is -0.437 e. The molecule has 0 heterocycles. The Balaban J connectivity index is 4.66. The molecule has 0 spiro atoms. The number of hydrogen-bond acceptors (Lipinski definition) is 4. The minimum atomic E-state index is -0.895. The Morgan fingerprint density at radius 3 is 1.73 bits per heavy atom. The van der Waals surface area contributed by atoms with E-state index in [-0.39, 0.29) is 12.2 Å². The molecule has 0 atom stereocenters. The van der Waals surface area contributed by atoms with E-state index in [0.717, 1.165) is 0 Å². The van der Waals surface area contributed by atoms with Crippen LogP contribution in [0.5, 0.6) is 0 Å². The van der Waals surface area contributed by atoms with E-state index in [1.54, 1.807) is 6.92 Å². The molecule has 0 radical (unpaired) electrons. The van der Waals surface area contributed by atoms with Crippen molar-refractivity contribution in [1.29, 1.82) is 0 Å². The maximum atomic E-state index is 5.74. The number of rotatable bonds is 6. The summed E-state index contributed by atoms with van der Waals surface area (Å²) < 4.78 is 17.0. The molecule has 0 fully saturated rings. The van der Waals surface area contributed by atoms with Gasteiger partial charge in [0.1, 0.15) is 9.52 Å². The highest BCUT2D eigenvalue weighted by atomic mass is 32.1. The van der Waals surface area contributed by atoms with Crippen LogP contribution >= 0.6 is 12.2 Å². The van der Waals surface area contributed by atoms with Crippen LogP contribution in [0.4, 0.5) is 0 Å². The predicted molar refractivity (Wildman–Crippen MR) is 68.9 cm³/mol. The molecule has 90 valence electrons. The Kier molecular flexibility index (Phi) is 6.59. The van der Waals surface area contributed by atoms with Gasteiger partial charge in [-0.3, -0.25) is 0 Å². The summed E-state index contributed by atoms with van der Waals surface area (Å²) in [4.78, 5) is 0. The van der Waals surface area contributed by atoms with Gasteiger partial charge in [0.15, 0.2) is 5.05 Å². The topological polar surface area (TPSA) is 27.7 Å². The van der Waals surface area contributed by atoms with Gasteiger partial charge in [-0.15, -0.1) is 0 Å². The third kappa shape index (κ3) is 6.24. The summed E-state index contributed by atoms with van der Waals surface area (Å²) in [6.45, 7) is 11.7. The maximum Gasteiger partial charge on any atom is 0.290 e. The van der Waals surface area contributed by atoms with Crippen molar-refractivity contribution in [2.45, 2.75) is 59.0 Å². The quantitative estimate of drug-likeness (QED) is 0.409. The van der Waals surface area contributed by atoms with Crippen LogP contribution in [0.1, 0.15) is 34.6 Å². The summed E-state index contributed by atoms with van der Waals surface area (Å²) in [6, 6.07) is 0. The molecule has 0 aromatic carbocycles. The first-order valence-electron chi connectivity index (χ1n) is 5.36. The number of hydrogen-bond donors (Lipinski definition) is 0. The van der Waals surface area contributed by atoms with Crippen LogP contribution in [0.3, 0.4) is 0 Å². The molecule has 15 heavy (non-hydrogen) atoms. The summed E-state index contributed by atoms with van der Waals surface area (Å²) in [7, 11) is -0.661. The summed E-state index contributed by atoms with van der Waals surface area (Å²) >= 11 is 4.96. The molecule has 0 amide bonds. The second-order valence-electron chi connectivity index (χ2n) is 3.96. The average molecular weight is 250 g/mol. The maximum absolute atomic E-state index is 5.74. The fourth-order valence-corrected chi connectivity index (χ4v) is 2.84. The van der Waals surface area contributed by atoms with Crippen LogP contribution in [-0.4, -0.2) is 32.4 Å². The summed E-state index contributed by atoms with van der Waals surface area (Å²) in [5.41, 5.74) is -0.895. The molecule has 0 aliphatic heterocycles. The van der Waals surface area contributed by atoms with Crippen molar-refractivity contribution in [3.05, 3.63) is 0 Å². The third-order valence-corrected chi connectivity index (χ3v) is 2.99. The van der Waals surface area contributed by atoms with Crippen LogP contribution in [0.25, 0.3) is 0 Å². The SMILES string of the molecule is C[SiH2]C(OC(C)=S)(OC(C)C)OC(C)C. The third-order valence-electron chi connectivity index (χ3n) is 1.56. The monoisotopic (exact) mass is 250 g/mol. The van der Waals surface area contributed by atoms with E-state index in [1.165, 1.54) is 0 Å². The van der Waals surface area contributed by atoms with Crippen LogP contribution in [0.2, 0.25) is 6.55 Å². The van der Waals surface area contributed by atoms with Gasteiger partial charge < -0.3 is 14.2 Å². The van der Waals surface area contributed by atoms with Gasteiger partial charge in [0, 0.05) is 6.92 Å². The molecule has 0 aliphatic carbocycles. The highest BCUT2D eigenvalue weighted by molar-refractivity contribution is 7.80. The van der Waals surface area contributed by atoms with Gasteiger partial charge in [-0.05, 0) is 39.9 Å². The fourth-order valence-electron chi connectivity index (χ4n) is 1.25. The molecule has 0 aromatic rings. The lowest BCUT2D eigenvalue weighted by Crippen LogP contribution is -2.48. The first kappa shape index (κ1) is 15.0. The van der Waals surface area contributed by atoms with E-state index in [1.807, 2.05) is 27.7 Å². The fraction of sp³-hybridized carbons (Fsp3) is 0.900. The van der Waals surface area contributed by atoms with Crippen molar-refractivity contribution >= 4 is 26.8 Å². The lowest BCUT2D eigenvalue weighted by Gasteiger charge is -2.35. The molecule has 0 aliphatic rings. The predicted octanol–water partition coefficient (Wildman–Crippen LogP) is 2.03. The van der Waals surface area contributed by atoms with Gasteiger partial charge in [-0.1, -0.05) is 6.55 Å². The van der Waals surface area contributed by atoms with Crippen LogP contribution < -0.4 is 0 Å². The molecule has 0 bridgehead atoms. The Morgan fingerprint density at radius 2 is 1.53 bits per heavy atom. The zero-order chi connectivity index (χ0) is 12.1. The van der Waals surface area contributed by atoms with Crippen molar-refractivity contribution in [2.24, 2.45) is 0 Å². The molecule has 3 nitrogen and oxygen atoms in total. The van der Waals surface area contributed by atoms with E-state index in [0.29, 0.717) is 5.05 Å². The van der Waals surface area contributed by atoms with Crippen LogP contribution in [0, 0.1) is 0 Å². The van der Waals surface area contributed by atoms with E-state index in [4.69, 9.17) is 26.4 Å².